The smallest absolute Gasteiger partial charge is 0.321 e. The molecule has 26 heavy (non-hydrogen) atoms. The van der Waals surface area contributed by atoms with Gasteiger partial charge in [-0.05, 0) is 42.8 Å². The maximum Gasteiger partial charge on any atom is 0.321 e. The molecule has 0 fully saturated rings. The molecule has 0 aliphatic heterocycles. The van der Waals surface area contributed by atoms with Crippen molar-refractivity contribution in [2.75, 3.05) is 13.2 Å². The van der Waals surface area contributed by atoms with E-state index >= 15 is 0 Å². The van der Waals surface area contributed by atoms with E-state index in [0.29, 0.717) is 12.3 Å². The third-order valence-electron chi connectivity index (χ3n) is 3.55. The van der Waals surface area contributed by atoms with Crippen LogP contribution in [0.1, 0.15) is 13.3 Å². The molecule has 7 heteroatoms. The number of rotatable bonds is 6. The highest BCUT2D eigenvalue weighted by Gasteiger charge is 2.09. The minimum absolute atomic E-state index is 0.222. The highest BCUT2D eigenvalue weighted by Crippen LogP contribution is 2.30. The molecule has 0 aliphatic carbocycles. The molecule has 3 rings (SSSR count). The van der Waals surface area contributed by atoms with Gasteiger partial charge >= 0.3 is 6.03 Å². The van der Waals surface area contributed by atoms with Crippen LogP contribution in [0.5, 0.6) is 5.75 Å². The van der Waals surface area contributed by atoms with Gasteiger partial charge in [0.25, 0.3) is 5.91 Å². The summed E-state index contributed by atoms with van der Waals surface area (Å²) in [6.07, 6.45) is 0.805. The number of imide groups is 1. The first-order chi connectivity index (χ1) is 12.7. The SMILES string of the molecule is CCCNC(=O)NC(=O)COc1ccc(-c2nc3ccccc3s2)cc1. The molecule has 2 aromatic carbocycles. The quantitative estimate of drug-likeness (QED) is 0.696. The lowest BCUT2D eigenvalue weighted by Crippen LogP contribution is -2.41. The van der Waals surface area contributed by atoms with E-state index in [1.54, 1.807) is 23.5 Å². The molecular weight excluding hydrogens is 350 g/mol. The molecule has 134 valence electrons. The van der Waals surface area contributed by atoms with E-state index in [4.69, 9.17) is 4.74 Å². The number of urea groups is 1. The van der Waals surface area contributed by atoms with Crippen molar-refractivity contribution in [1.29, 1.82) is 0 Å². The number of hydrogen-bond acceptors (Lipinski definition) is 5. The highest BCUT2D eigenvalue weighted by molar-refractivity contribution is 7.21. The molecule has 2 N–H and O–H groups in total. The summed E-state index contributed by atoms with van der Waals surface area (Å²) in [4.78, 5) is 27.7. The predicted molar refractivity (Wildman–Crippen MR) is 102 cm³/mol. The van der Waals surface area contributed by atoms with Crippen LogP contribution in [-0.4, -0.2) is 30.1 Å². The molecular formula is C19H19N3O3S. The molecule has 0 saturated heterocycles. The van der Waals surface area contributed by atoms with E-state index in [-0.39, 0.29) is 6.61 Å². The van der Waals surface area contributed by atoms with Gasteiger partial charge in [0, 0.05) is 12.1 Å². The van der Waals surface area contributed by atoms with Gasteiger partial charge in [0.2, 0.25) is 0 Å². The van der Waals surface area contributed by atoms with Crippen molar-refractivity contribution < 1.29 is 14.3 Å². The lowest BCUT2D eigenvalue weighted by atomic mass is 10.2. The van der Waals surface area contributed by atoms with E-state index in [1.165, 1.54) is 0 Å². The number of carbonyl (C=O) groups is 2. The first-order valence-electron chi connectivity index (χ1n) is 8.32. The van der Waals surface area contributed by atoms with Gasteiger partial charge < -0.3 is 10.1 Å². The van der Waals surface area contributed by atoms with Gasteiger partial charge in [-0.25, -0.2) is 9.78 Å². The second-order valence-corrected chi connectivity index (χ2v) is 6.63. The number of amides is 3. The summed E-state index contributed by atoms with van der Waals surface area (Å²) in [6, 6.07) is 14.9. The maximum absolute atomic E-state index is 11.7. The van der Waals surface area contributed by atoms with Crippen molar-refractivity contribution in [3.63, 3.8) is 0 Å². The summed E-state index contributed by atoms with van der Waals surface area (Å²) in [5.74, 6) is 0.0628. The van der Waals surface area contributed by atoms with Crippen LogP contribution < -0.4 is 15.4 Å². The van der Waals surface area contributed by atoms with Crippen molar-refractivity contribution in [3.8, 4) is 16.3 Å². The van der Waals surface area contributed by atoms with Crippen molar-refractivity contribution in [2.24, 2.45) is 0 Å². The minimum atomic E-state index is -0.508. The Morgan fingerprint density at radius 3 is 2.62 bits per heavy atom. The average molecular weight is 369 g/mol. The third kappa shape index (κ3) is 4.58. The Morgan fingerprint density at radius 2 is 1.88 bits per heavy atom. The standard InChI is InChI=1S/C19H19N3O3S/c1-2-11-20-19(24)22-17(23)12-25-14-9-7-13(8-10-14)18-21-15-5-3-4-6-16(15)26-18/h3-10H,2,11-12H2,1H3,(H2,20,22,23,24). The fourth-order valence-electron chi connectivity index (χ4n) is 2.28. The van der Waals surface area contributed by atoms with E-state index in [0.717, 1.165) is 27.2 Å². The van der Waals surface area contributed by atoms with E-state index in [2.05, 4.69) is 15.6 Å². The van der Waals surface area contributed by atoms with Crippen LogP contribution in [-0.2, 0) is 4.79 Å². The second-order valence-electron chi connectivity index (χ2n) is 5.60. The van der Waals surface area contributed by atoms with Crippen molar-refractivity contribution in [1.82, 2.24) is 15.6 Å². The van der Waals surface area contributed by atoms with Gasteiger partial charge in [-0.1, -0.05) is 19.1 Å². The van der Waals surface area contributed by atoms with Crippen molar-refractivity contribution in [2.45, 2.75) is 13.3 Å². The number of nitrogens with one attached hydrogen (secondary N) is 2. The lowest BCUT2D eigenvalue weighted by Gasteiger charge is -2.08. The summed E-state index contributed by atoms with van der Waals surface area (Å²) >= 11 is 1.63. The maximum atomic E-state index is 11.7. The molecule has 0 radical (unpaired) electrons. The summed E-state index contributed by atoms with van der Waals surface area (Å²) in [6.45, 7) is 2.23. The summed E-state index contributed by atoms with van der Waals surface area (Å²) < 4.78 is 6.55. The number of nitrogens with zero attached hydrogens (tertiary/aromatic N) is 1. The average Bonchev–Trinajstić information content (AvgIpc) is 3.09. The van der Waals surface area contributed by atoms with Crippen molar-refractivity contribution in [3.05, 3.63) is 48.5 Å². The topological polar surface area (TPSA) is 80.3 Å². The lowest BCUT2D eigenvalue weighted by molar-refractivity contribution is -0.122. The number of aromatic nitrogens is 1. The normalized spacial score (nSPS) is 10.5. The Balaban J connectivity index is 1.56. The number of benzene rings is 2. The molecule has 6 nitrogen and oxygen atoms in total. The van der Waals surface area contributed by atoms with Gasteiger partial charge in [0.1, 0.15) is 10.8 Å². The van der Waals surface area contributed by atoms with Crippen LogP contribution in [0.2, 0.25) is 0 Å². The molecule has 3 amide bonds. The number of carbonyl (C=O) groups excluding carboxylic acids is 2. The zero-order valence-corrected chi connectivity index (χ0v) is 15.1. The van der Waals surface area contributed by atoms with Gasteiger partial charge in [-0.2, -0.15) is 0 Å². The van der Waals surface area contributed by atoms with Gasteiger partial charge in [-0.3, -0.25) is 10.1 Å². The Morgan fingerprint density at radius 1 is 1.12 bits per heavy atom. The fourth-order valence-corrected chi connectivity index (χ4v) is 3.25. The zero-order valence-electron chi connectivity index (χ0n) is 14.3. The van der Waals surface area contributed by atoms with Crippen LogP contribution in [0.15, 0.2) is 48.5 Å². The van der Waals surface area contributed by atoms with E-state index in [9.17, 15) is 9.59 Å². The summed E-state index contributed by atoms with van der Waals surface area (Å²) in [5, 5.41) is 5.71. The van der Waals surface area contributed by atoms with Gasteiger partial charge in [0.15, 0.2) is 6.61 Å². The zero-order chi connectivity index (χ0) is 18.4. The van der Waals surface area contributed by atoms with Crippen LogP contribution >= 0.6 is 11.3 Å². The molecule has 0 saturated carbocycles. The monoisotopic (exact) mass is 369 g/mol. The van der Waals surface area contributed by atoms with Crippen molar-refractivity contribution >= 4 is 33.5 Å². The van der Waals surface area contributed by atoms with Gasteiger partial charge in [0.05, 0.1) is 10.2 Å². The Kier molecular flexibility index (Phi) is 5.80. The third-order valence-corrected chi connectivity index (χ3v) is 4.64. The fraction of sp³-hybridized carbons (Fsp3) is 0.211. The van der Waals surface area contributed by atoms with E-state index < -0.39 is 11.9 Å². The van der Waals surface area contributed by atoms with Gasteiger partial charge in [-0.15, -0.1) is 11.3 Å². The second kappa shape index (κ2) is 8.44. The first kappa shape index (κ1) is 17.9. The molecule has 1 aromatic heterocycles. The Labute approximate surface area is 155 Å². The molecule has 0 spiro atoms. The number of para-hydroxylation sites is 1. The number of fused-ring (bicyclic) bond motifs is 1. The molecule has 0 unspecified atom stereocenters. The van der Waals surface area contributed by atoms with Crippen LogP contribution in [0.25, 0.3) is 20.8 Å². The molecule has 3 aromatic rings. The largest absolute Gasteiger partial charge is 0.484 e. The van der Waals surface area contributed by atoms with Crippen LogP contribution in [0.4, 0.5) is 4.79 Å². The molecule has 0 atom stereocenters. The molecule has 1 heterocycles. The van der Waals surface area contributed by atoms with E-state index in [1.807, 2.05) is 43.3 Å². The number of thiazole rings is 1. The Bertz CT molecular complexity index is 873. The highest BCUT2D eigenvalue weighted by atomic mass is 32.1. The number of hydrogen-bond donors (Lipinski definition) is 2. The minimum Gasteiger partial charge on any atom is -0.484 e. The molecule has 0 bridgehead atoms. The molecule has 0 aliphatic rings. The summed E-state index contributed by atoms with van der Waals surface area (Å²) in [5.41, 5.74) is 1.97. The first-order valence-corrected chi connectivity index (χ1v) is 9.14. The predicted octanol–water partition coefficient (Wildman–Crippen LogP) is 3.58. The van der Waals surface area contributed by atoms with Crippen LogP contribution in [0.3, 0.4) is 0 Å². The summed E-state index contributed by atoms with van der Waals surface area (Å²) in [7, 11) is 0. The van der Waals surface area contributed by atoms with Crippen LogP contribution in [0, 0.1) is 0 Å². The Hall–Kier alpha value is -2.93. The number of ether oxygens (including phenoxy) is 1.